The lowest BCUT2D eigenvalue weighted by Gasteiger charge is -2.31. The Labute approximate surface area is 148 Å². The molecule has 3 aliphatic carbocycles. The molecular formula is C19H29F2NO3. The summed E-state index contributed by atoms with van der Waals surface area (Å²) in [6.45, 7) is 0.534. The first-order valence-electron chi connectivity index (χ1n) is 9.70. The molecule has 4 unspecified atom stereocenters. The number of nitrogens with one attached hydrogen (secondary N) is 1. The highest BCUT2D eigenvalue weighted by Crippen LogP contribution is 2.53. The largest absolute Gasteiger partial charge is 0.465 e. The molecule has 0 saturated heterocycles. The molecule has 3 aliphatic rings. The lowest BCUT2D eigenvalue weighted by Crippen LogP contribution is -2.46. The minimum Gasteiger partial charge on any atom is -0.465 e. The summed E-state index contributed by atoms with van der Waals surface area (Å²) in [7, 11) is 0. The van der Waals surface area contributed by atoms with Crippen molar-refractivity contribution >= 4 is 11.9 Å². The van der Waals surface area contributed by atoms with E-state index in [-0.39, 0.29) is 36.3 Å². The molecule has 0 aromatic heterocycles. The third kappa shape index (κ3) is 4.50. The average Bonchev–Trinajstić information content (AvgIpc) is 3.15. The Morgan fingerprint density at radius 2 is 1.68 bits per heavy atom. The van der Waals surface area contributed by atoms with Gasteiger partial charge < -0.3 is 10.1 Å². The minimum absolute atomic E-state index is 0.0260. The maximum absolute atomic E-state index is 12.9. The number of halogens is 2. The molecule has 142 valence electrons. The molecule has 1 N–H and O–H groups in total. The number of carbonyl (C=O) groups is 2. The Kier molecular flexibility index (Phi) is 5.64. The smallest absolute Gasteiger partial charge is 0.310 e. The molecule has 3 saturated carbocycles. The molecule has 0 heterocycles. The number of alkyl halides is 2. The highest BCUT2D eigenvalue weighted by Gasteiger charge is 2.54. The fourth-order valence-electron chi connectivity index (χ4n) is 4.98. The molecule has 1 amide bonds. The number of amides is 1. The van der Waals surface area contributed by atoms with Crippen LogP contribution in [0.5, 0.6) is 0 Å². The maximum Gasteiger partial charge on any atom is 0.310 e. The fraction of sp³-hybridized carbons (Fsp3) is 0.895. The number of hydrogen-bond donors (Lipinski definition) is 1. The number of fused-ring (bicyclic) bond motifs is 2. The van der Waals surface area contributed by atoms with Crippen LogP contribution >= 0.6 is 0 Å². The van der Waals surface area contributed by atoms with Crippen LogP contribution in [-0.4, -0.2) is 30.4 Å². The lowest BCUT2D eigenvalue weighted by molar-refractivity contribution is -0.157. The number of carbonyl (C=O) groups excluding carboxylic acids is 2. The Balaban J connectivity index is 1.58. The Bertz CT molecular complexity index is 499. The number of hydrogen-bond acceptors (Lipinski definition) is 3. The molecular weight excluding hydrogens is 328 g/mol. The second kappa shape index (κ2) is 7.58. The van der Waals surface area contributed by atoms with E-state index in [0.29, 0.717) is 0 Å². The first kappa shape index (κ1) is 18.6. The van der Waals surface area contributed by atoms with Crippen LogP contribution in [0, 0.1) is 23.7 Å². The zero-order chi connectivity index (χ0) is 18.0. The van der Waals surface area contributed by atoms with Gasteiger partial charge in [0.25, 0.3) is 0 Å². The van der Waals surface area contributed by atoms with Crippen molar-refractivity contribution < 1.29 is 23.1 Å². The molecule has 0 aromatic carbocycles. The Hall–Kier alpha value is -1.20. The van der Waals surface area contributed by atoms with Crippen LogP contribution in [-0.2, 0) is 14.3 Å². The topological polar surface area (TPSA) is 55.4 Å². The molecule has 25 heavy (non-hydrogen) atoms. The molecule has 0 spiro atoms. The van der Waals surface area contributed by atoms with E-state index in [9.17, 15) is 18.4 Å². The second-order valence-electron chi connectivity index (χ2n) is 8.22. The van der Waals surface area contributed by atoms with Gasteiger partial charge in [0.05, 0.1) is 18.4 Å². The summed E-state index contributed by atoms with van der Waals surface area (Å²) >= 11 is 0. The van der Waals surface area contributed by atoms with E-state index in [1.165, 1.54) is 6.42 Å². The van der Waals surface area contributed by atoms with Gasteiger partial charge in [-0.05, 0) is 50.9 Å². The van der Waals surface area contributed by atoms with Gasteiger partial charge in [0.2, 0.25) is 11.8 Å². The normalized spacial score (nSPS) is 32.6. The lowest BCUT2D eigenvalue weighted by atomic mass is 9.78. The molecule has 4 atom stereocenters. The van der Waals surface area contributed by atoms with Crippen molar-refractivity contribution in [2.24, 2.45) is 23.7 Å². The number of ether oxygens (including phenoxy) is 1. The molecule has 6 heteroatoms. The van der Waals surface area contributed by atoms with E-state index < -0.39 is 24.2 Å². The van der Waals surface area contributed by atoms with Crippen LogP contribution in [0.4, 0.5) is 8.78 Å². The molecule has 0 aromatic rings. The standard InChI is InChI=1S/C19H29F2NO3/c1-19(20,21)9-10-25-18(24)16-13-8-7-12(11-13)15(16)17(23)22-14-5-3-2-4-6-14/h12-16H,2-11H2,1H3,(H,22,23). The van der Waals surface area contributed by atoms with Crippen LogP contribution in [0.1, 0.15) is 64.7 Å². The molecule has 0 aliphatic heterocycles. The molecule has 4 nitrogen and oxygen atoms in total. The van der Waals surface area contributed by atoms with Gasteiger partial charge in [-0.1, -0.05) is 19.3 Å². The van der Waals surface area contributed by atoms with Gasteiger partial charge in [-0.25, -0.2) is 8.78 Å². The van der Waals surface area contributed by atoms with Gasteiger partial charge in [-0.15, -0.1) is 0 Å². The summed E-state index contributed by atoms with van der Waals surface area (Å²) in [6.07, 6.45) is 7.82. The van der Waals surface area contributed by atoms with Crippen molar-refractivity contribution in [3.8, 4) is 0 Å². The predicted octanol–water partition coefficient (Wildman–Crippen LogP) is 3.69. The van der Waals surface area contributed by atoms with Crippen LogP contribution in [0.3, 0.4) is 0 Å². The van der Waals surface area contributed by atoms with Crippen LogP contribution in [0.15, 0.2) is 0 Å². The van der Waals surface area contributed by atoms with E-state index in [2.05, 4.69) is 5.32 Å². The van der Waals surface area contributed by atoms with Crippen molar-refractivity contribution in [3.63, 3.8) is 0 Å². The Morgan fingerprint density at radius 3 is 2.32 bits per heavy atom. The van der Waals surface area contributed by atoms with Crippen molar-refractivity contribution in [1.82, 2.24) is 5.32 Å². The summed E-state index contributed by atoms with van der Waals surface area (Å²) in [5, 5.41) is 3.14. The molecule has 0 radical (unpaired) electrons. The first-order chi connectivity index (χ1) is 11.8. The highest BCUT2D eigenvalue weighted by atomic mass is 19.3. The van der Waals surface area contributed by atoms with Crippen LogP contribution < -0.4 is 5.32 Å². The highest BCUT2D eigenvalue weighted by molar-refractivity contribution is 5.87. The van der Waals surface area contributed by atoms with E-state index >= 15 is 0 Å². The maximum atomic E-state index is 12.9. The number of esters is 1. The van der Waals surface area contributed by atoms with Crippen molar-refractivity contribution in [1.29, 1.82) is 0 Å². The molecule has 3 rings (SSSR count). The van der Waals surface area contributed by atoms with Crippen molar-refractivity contribution in [2.45, 2.75) is 76.7 Å². The Morgan fingerprint density at radius 1 is 1.04 bits per heavy atom. The monoisotopic (exact) mass is 357 g/mol. The summed E-state index contributed by atoms with van der Waals surface area (Å²) in [6, 6.07) is 0.218. The van der Waals surface area contributed by atoms with Gasteiger partial charge in [0.1, 0.15) is 0 Å². The number of rotatable bonds is 6. The summed E-state index contributed by atoms with van der Waals surface area (Å²) < 4.78 is 30.9. The van der Waals surface area contributed by atoms with E-state index in [4.69, 9.17) is 4.74 Å². The van der Waals surface area contributed by atoms with Gasteiger partial charge in [-0.2, -0.15) is 0 Å². The third-order valence-corrected chi connectivity index (χ3v) is 6.23. The predicted molar refractivity (Wildman–Crippen MR) is 89.0 cm³/mol. The minimum atomic E-state index is -2.84. The summed E-state index contributed by atoms with van der Waals surface area (Å²) in [4.78, 5) is 25.3. The zero-order valence-electron chi connectivity index (χ0n) is 14.9. The van der Waals surface area contributed by atoms with E-state index in [1.54, 1.807) is 0 Å². The van der Waals surface area contributed by atoms with Gasteiger partial charge >= 0.3 is 5.97 Å². The second-order valence-corrected chi connectivity index (χ2v) is 8.22. The third-order valence-electron chi connectivity index (χ3n) is 6.23. The summed E-state index contributed by atoms with van der Waals surface area (Å²) in [5.74, 6) is -3.71. The van der Waals surface area contributed by atoms with Crippen LogP contribution in [0.2, 0.25) is 0 Å². The fourth-order valence-corrected chi connectivity index (χ4v) is 4.98. The summed E-state index contributed by atoms with van der Waals surface area (Å²) in [5.41, 5.74) is 0. The molecule has 2 bridgehead atoms. The SMILES string of the molecule is CC(F)(F)CCOC(=O)C1C2CCC(C2)C1C(=O)NC1CCCCC1. The van der Waals surface area contributed by atoms with Crippen molar-refractivity contribution in [2.75, 3.05) is 6.61 Å². The van der Waals surface area contributed by atoms with Crippen LogP contribution in [0.25, 0.3) is 0 Å². The quantitative estimate of drug-likeness (QED) is 0.738. The van der Waals surface area contributed by atoms with E-state index in [1.807, 2.05) is 0 Å². The van der Waals surface area contributed by atoms with E-state index in [0.717, 1.165) is 51.9 Å². The van der Waals surface area contributed by atoms with Gasteiger partial charge in [0.15, 0.2) is 0 Å². The average molecular weight is 357 g/mol. The van der Waals surface area contributed by atoms with Crippen molar-refractivity contribution in [3.05, 3.63) is 0 Å². The zero-order valence-corrected chi connectivity index (χ0v) is 14.9. The first-order valence-corrected chi connectivity index (χ1v) is 9.70. The van der Waals surface area contributed by atoms with Gasteiger partial charge in [-0.3, -0.25) is 9.59 Å². The van der Waals surface area contributed by atoms with Gasteiger partial charge in [0, 0.05) is 12.5 Å². The molecule has 3 fully saturated rings.